The van der Waals surface area contributed by atoms with Crippen LogP contribution < -0.4 is 15.4 Å². The Morgan fingerprint density at radius 1 is 1.28 bits per heavy atom. The van der Waals surface area contributed by atoms with E-state index in [1.807, 2.05) is 24.3 Å². The van der Waals surface area contributed by atoms with Crippen LogP contribution in [0.4, 0.5) is 5.82 Å². The molecule has 0 saturated carbocycles. The fourth-order valence-corrected chi connectivity index (χ4v) is 2.48. The fourth-order valence-electron chi connectivity index (χ4n) is 2.48. The molecule has 130 valence electrons. The van der Waals surface area contributed by atoms with E-state index in [9.17, 15) is 4.79 Å². The second-order valence-corrected chi connectivity index (χ2v) is 5.59. The highest BCUT2D eigenvalue weighted by Crippen LogP contribution is 2.19. The number of carbonyl (C=O) groups excluding carboxylic acids is 1. The van der Waals surface area contributed by atoms with Crippen molar-refractivity contribution in [3.63, 3.8) is 0 Å². The Morgan fingerprint density at radius 2 is 2.08 bits per heavy atom. The largest absolute Gasteiger partial charge is 0.497 e. The molecule has 25 heavy (non-hydrogen) atoms. The average Bonchev–Trinajstić information content (AvgIpc) is 3.15. The minimum absolute atomic E-state index is 0.175. The van der Waals surface area contributed by atoms with Crippen molar-refractivity contribution in [3.05, 3.63) is 53.7 Å². The molecule has 1 aliphatic heterocycles. The minimum atomic E-state index is -0.184. The van der Waals surface area contributed by atoms with E-state index in [-0.39, 0.29) is 12.0 Å². The lowest BCUT2D eigenvalue weighted by Crippen LogP contribution is -2.32. The molecule has 0 saturated heterocycles. The van der Waals surface area contributed by atoms with E-state index in [0.717, 1.165) is 17.0 Å². The maximum absolute atomic E-state index is 12.1. The average molecular weight is 340 g/mol. The van der Waals surface area contributed by atoms with Gasteiger partial charge in [0.05, 0.1) is 24.9 Å². The molecular formula is C18H20N4O3. The van der Waals surface area contributed by atoms with Crippen molar-refractivity contribution >= 4 is 17.4 Å². The molecule has 0 bridgehead atoms. The van der Waals surface area contributed by atoms with E-state index in [4.69, 9.17) is 9.57 Å². The highest BCUT2D eigenvalue weighted by atomic mass is 16.6. The van der Waals surface area contributed by atoms with Gasteiger partial charge in [0.25, 0.3) is 5.91 Å². The Morgan fingerprint density at radius 3 is 2.72 bits per heavy atom. The maximum Gasteiger partial charge on any atom is 0.252 e. The number of hydrogen-bond acceptors (Lipinski definition) is 6. The first kappa shape index (κ1) is 16.8. The highest BCUT2D eigenvalue weighted by Gasteiger charge is 2.23. The van der Waals surface area contributed by atoms with Gasteiger partial charge in [-0.05, 0) is 42.0 Å². The van der Waals surface area contributed by atoms with Crippen LogP contribution in [0.2, 0.25) is 0 Å². The summed E-state index contributed by atoms with van der Waals surface area (Å²) in [5.41, 5.74) is 2.36. The van der Waals surface area contributed by atoms with Crippen LogP contribution in [0.15, 0.2) is 47.8 Å². The molecule has 1 atom stereocenters. The molecule has 1 aliphatic rings. The number of nitrogens with one attached hydrogen (secondary N) is 2. The summed E-state index contributed by atoms with van der Waals surface area (Å²) in [6, 6.07) is 11.1. The predicted molar refractivity (Wildman–Crippen MR) is 95.1 cm³/mol. The third-order valence-electron chi connectivity index (χ3n) is 3.93. The second kappa shape index (κ2) is 7.65. The van der Waals surface area contributed by atoms with E-state index >= 15 is 0 Å². The number of amides is 1. The van der Waals surface area contributed by atoms with Crippen LogP contribution in [0.25, 0.3) is 0 Å². The zero-order valence-electron chi connectivity index (χ0n) is 14.2. The molecule has 1 aromatic carbocycles. The van der Waals surface area contributed by atoms with Crippen LogP contribution in [0.3, 0.4) is 0 Å². The van der Waals surface area contributed by atoms with Gasteiger partial charge in [0.1, 0.15) is 17.7 Å². The number of carbonyl (C=O) groups is 1. The van der Waals surface area contributed by atoms with Crippen molar-refractivity contribution in [2.45, 2.75) is 12.5 Å². The Bertz CT molecular complexity index is 757. The number of nitrogens with zero attached hydrogens (tertiary/aromatic N) is 2. The SMILES string of the molecule is CNc1ccc(C(=O)NCC2CC(c3ccc(OC)cc3)=NO2)cn1. The summed E-state index contributed by atoms with van der Waals surface area (Å²) >= 11 is 0. The van der Waals surface area contributed by atoms with Crippen LogP contribution in [0.5, 0.6) is 5.75 Å². The van der Waals surface area contributed by atoms with Gasteiger partial charge in [-0.25, -0.2) is 4.98 Å². The molecule has 0 fully saturated rings. The lowest BCUT2D eigenvalue weighted by Gasteiger charge is -2.10. The standard InChI is InChI=1S/C18H20N4O3/c1-19-17-8-5-13(10-20-17)18(23)21-11-15-9-16(22-25-15)12-3-6-14(24-2)7-4-12/h3-8,10,15H,9,11H2,1-2H3,(H,19,20)(H,21,23). The highest BCUT2D eigenvalue weighted by molar-refractivity contribution is 6.01. The van der Waals surface area contributed by atoms with Gasteiger partial charge in [-0.2, -0.15) is 0 Å². The lowest BCUT2D eigenvalue weighted by atomic mass is 10.0. The Hall–Kier alpha value is -3.09. The summed E-state index contributed by atoms with van der Waals surface area (Å²) in [5, 5.41) is 9.88. The zero-order chi connectivity index (χ0) is 17.6. The summed E-state index contributed by atoms with van der Waals surface area (Å²) in [5.74, 6) is 1.33. The number of anilines is 1. The summed E-state index contributed by atoms with van der Waals surface area (Å²) in [7, 11) is 3.41. The number of benzene rings is 1. The van der Waals surface area contributed by atoms with E-state index in [2.05, 4.69) is 20.8 Å². The Kier molecular flexibility index (Phi) is 5.13. The van der Waals surface area contributed by atoms with E-state index < -0.39 is 0 Å². The molecule has 3 rings (SSSR count). The second-order valence-electron chi connectivity index (χ2n) is 5.59. The van der Waals surface area contributed by atoms with Crippen LogP contribution in [0, 0.1) is 0 Å². The van der Waals surface area contributed by atoms with Crippen molar-refractivity contribution in [3.8, 4) is 5.75 Å². The predicted octanol–water partition coefficient (Wildman–Crippen LogP) is 2.05. The first-order chi connectivity index (χ1) is 12.2. The molecule has 0 aliphatic carbocycles. The van der Waals surface area contributed by atoms with Gasteiger partial charge in [-0.3, -0.25) is 4.79 Å². The summed E-state index contributed by atoms with van der Waals surface area (Å²) in [4.78, 5) is 21.7. The van der Waals surface area contributed by atoms with Crippen LogP contribution >= 0.6 is 0 Å². The summed E-state index contributed by atoms with van der Waals surface area (Å²) in [6.45, 7) is 0.385. The van der Waals surface area contributed by atoms with Crippen molar-refractivity contribution in [2.24, 2.45) is 5.16 Å². The number of rotatable bonds is 6. The van der Waals surface area contributed by atoms with E-state index in [0.29, 0.717) is 24.3 Å². The maximum atomic E-state index is 12.1. The third-order valence-corrected chi connectivity index (χ3v) is 3.93. The molecule has 0 radical (unpaired) electrons. The number of pyridine rings is 1. The van der Waals surface area contributed by atoms with Crippen LogP contribution in [-0.2, 0) is 4.84 Å². The number of hydrogen-bond donors (Lipinski definition) is 2. The molecule has 2 aromatic rings. The van der Waals surface area contributed by atoms with Gasteiger partial charge in [-0.15, -0.1) is 0 Å². The van der Waals surface area contributed by atoms with Gasteiger partial charge in [0.2, 0.25) is 0 Å². The van der Waals surface area contributed by atoms with Gasteiger partial charge in [-0.1, -0.05) is 5.16 Å². The first-order valence-electron chi connectivity index (χ1n) is 7.98. The lowest BCUT2D eigenvalue weighted by molar-refractivity contribution is 0.0753. The molecule has 1 aromatic heterocycles. The van der Waals surface area contributed by atoms with Gasteiger partial charge in [0.15, 0.2) is 0 Å². The van der Waals surface area contributed by atoms with E-state index in [1.54, 1.807) is 26.3 Å². The topological polar surface area (TPSA) is 84.8 Å². The number of methoxy groups -OCH3 is 1. The first-order valence-corrected chi connectivity index (χ1v) is 7.98. The Balaban J connectivity index is 1.50. The summed E-state index contributed by atoms with van der Waals surface area (Å²) < 4.78 is 5.15. The van der Waals surface area contributed by atoms with Crippen molar-refractivity contribution in [1.82, 2.24) is 10.3 Å². The molecular weight excluding hydrogens is 320 g/mol. The Labute approximate surface area is 146 Å². The van der Waals surface area contributed by atoms with Crippen LogP contribution in [-0.4, -0.2) is 43.4 Å². The fraction of sp³-hybridized carbons (Fsp3) is 0.278. The normalized spacial score (nSPS) is 15.9. The molecule has 0 spiro atoms. The molecule has 2 heterocycles. The van der Waals surface area contributed by atoms with Gasteiger partial charge in [0, 0.05) is 19.7 Å². The van der Waals surface area contributed by atoms with Gasteiger partial charge >= 0.3 is 0 Å². The molecule has 2 N–H and O–H groups in total. The van der Waals surface area contributed by atoms with E-state index in [1.165, 1.54) is 6.20 Å². The van der Waals surface area contributed by atoms with Crippen molar-refractivity contribution in [1.29, 1.82) is 0 Å². The zero-order valence-corrected chi connectivity index (χ0v) is 14.2. The van der Waals surface area contributed by atoms with Crippen molar-refractivity contribution < 1.29 is 14.4 Å². The van der Waals surface area contributed by atoms with Gasteiger partial charge < -0.3 is 20.2 Å². The quantitative estimate of drug-likeness (QED) is 0.841. The molecule has 7 heteroatoms. The summed E-state index contributed by atoms with van der Waals surface area (Å²) in [6.07, 6.45) is 2.00. The smallest absolute Gasteiger partial charge is 0.252 e. The van der Waals surface area contributed by atoms with Crippen LogP contribution in [0.1, 0.15) is 22.3 Å². The number of aromatic nitrogens is 1. The molecule has 1 amide bonds. The monoisotopic (exact) mass is 340 g/mol. The molecule has 7 nitrogen and oxygen atoms in total. The van der Waals surface area contributed by atoms with Crippen molar-refractivity contribution in [2.75, 3.05) is 26.0 Å². The number of oxime groups is 1. The minimum Gasteiger partial charge on any atom is -0.497 e. The molecule has 1 unspecified atom stereocenters. The number of ether oxygens (including phenoxy) is 1. The third kappa shape index (κ3) is 4.06.